The summed E-state index contributed by atoms with van der Waals surface area (Å²) in [7, 11) is 0. The molecule has 0 atom stereocenters. The molecule has 0 aliphatic carbocycles. The summed E-state index contributed by atoms with van der Waals surface area (Å²) < 4.78 is 8.87. The largest absolute Gasteiger partial charge is 0.467 e. The number of fused-ring (bicyclic) bond motifs is 1. The molecule has 4 heterocycles. The molecule has 0 aliphatic heterocycles. The zero-order valence-corrected chi connectivity index (χ0v) is 16.3. The minimum Gasteiger partial charge on any atom is -0.467 e. The fourth-order valence-corrected chi connectivity index (χ4v) is 4.93. The molecule has 0 aromatic carbocycles. The SMILES string of the molecule is CC(C)(C)c1cn2nc(Sc3nnc(NCc4ccco4)s3)sc2n1. The van der Waals surface area contributed by atoms with Crippen LogP contribution in [0.15, 0.2) is 37.7 Å². The molecule has 0 amide bonds. The van der Waals surface area contributed by atoms with E-state index in [1.165, 1.54) is 23.1 Å². The number of aromatic nitrogens is 5. The van der Waals surface area contributed by atoms with Crippen LogP contribution in [0.4, 0.5) is 5.13 Å². The highest BCUT2D eigenvalue weighted by molar-refractivity contribution is 8.02. The molecule has 0 saturated carbocycles. The molecule has 4 aromatic rings. The van der Waals surface area contributed by atoms with E-state index in [0.717, 1.165) is 30.2 Å². The summed E-state index contributed by atoms with van der Waals surface area (Å²) in [4.78, 5) is 5.56. The molecule has 4 aromatic heterocycles. The molecule has 0 saturated heterocycles. The van der Waals surface area contributed by atoms with Gasteiger partial charge in [-0.15, -0.1) is 15.3 Å². The average Bonchev–Trinajstić information content (AvgIpc) is 3.28. The Labute approximate surface area is 156 Å². The molecule has 10 heteroatoms. The minimum atomic E-state index is 0.0223. The van der Waals surface area contributed by atoms with Crippen LogP contribution in [-0.2, 0) is 12.0 Å². The predicted molar refractivity (Wildman–Crippen MR) is 99.6 cm³/mol. The molecule has 0 aliphatic rings. The molecule has 7 nitrogen and oxygen atoms in total. The summed E-state index contributed by atoms with van der Waals surface area (Å²) in [5.74, 6) is 0.861. The molecule has 0 unspecified atom stereocenters. The van der Waals surface area contributed by atoms with Gasteiger partial charge in [0, 0.05) is 5.41 Å². The Hall–Kier alpha value is -1.91. The molecule has 25 heavy (non-hydrogen) atoms. The number of anilines is 1. The van der Waals surface area contributed by atoms with E-state index in [-0.39, 0.29) is 5.41 Å². The first-order valence-corrected chi connectivity index (χ1v) is 10.1. The van der Waals surface area contributed by atoms with Crippen molar-refractivity contribution in [1.29, 1.82) is 0 Å². The molecule has 1 N–H and O–H groups in total. The van der Waals surface area contributed by atoms with Gasteiger partial charge in [0.1, 0.15) is 5.76 Å². The van der Waals surface area contributed by atoms with E-state index in [2.05, 4.69) is 46.4 Å². The van der Waals surface area contributed by atoms with Crippen LogP contribution in [-0.4, -0.2) is 24.8 Å². The van der Waals surface area contributed by atoms with Crippen molar-refractivity contribution in [3.8, 4) is 0 Å². The first-order chi connectivity index (χ1) is 12.0. The van der Waals surface area contributed by atoms with Crippen LogP contribution < -0.4 is 5.32 Å². The number of nitrogens with one attached hydrogen (secondary N) is 1. The Morgan fingerprint density at radius 2 is 2.12 bits per heavy atom. The highest BCUT2D eigenvalue weighted by Crippen LogP contribution is 2.35. The lowest BCUT2D eigenvalue weighted by atomic mass is 9.93. The van der Waals surface area contributed by atoms with E-state index >= 15 is 0 Å². The van der Waals surface area contributed by atoms with Gasteiger partial charge in [-0.3, -0.25) is 0 Å². The van der Waals surface area contributed by atoms with Crippen LogP contribution in [0.1, 0.15) is 32.2 Å². The van der Waals surface area contributed by atoms with Crippen molar-refractivity contribution in [2.24, 2.45) is 0 Å². The highest BCUT2D eigenvalue weighted by Gasteiger charge is 2.20. The monoisotopic (exact) mass is 392 g/mol. The summed E-state index contributed by atoms with van der Waals surface area (Å²) in [6.07, 6.45) is 3.65. The second-order valence-electron chi connectivity index (χ2n) is 6.38. The molecule has 0 fully saturated rings. The van der Waals surface area contributed by atoms with Gasteiger partial charge >= 0.3 is 0 Å². The summed E-state index contributed by atoms with van der Waals surface area (Å²) in [6.45, 7) is 7.03. The van der Waals surface area contributed by atoms with E-state index in [1.54, 1.807) is 17.6 Å². The van der Waals surface area contributed by atoms with Crippen molar-refractivity contribution in [2.75, 3.05) is 5.32 Å². The number of nitrogens with zero attached hydrogens (tertiary/aromatic N) is 5. The second-order valence-corrected chi connectivity index (χ2v) is 9.81. The Morgan fingerprint density at radius 3 is 2.84 bits per heavy atom. The fourth-order valence-electron chi connectivity index (χ4n) is 2.06. The van der Waals surface area contributed by atoms with Crippen LogP contribution in [0.3, 0.4) is 0 Å². The zero-order valence-electron chi connectivity index (χ0n) is 13.9. The lowest BCUT2D eigenvalue weighted by Gasteiger charge is -2.13. The van der Waals surface area contributed by atoms with E-state index in [1.807, 2.05) is 22.8 Å². The summed E-state index contributed by atoms with van der Waals surface area (Å²) in [6, 6.07) is 3.78. The van der Waals surface area contributed by atoms with Gasteiger partial charge in [-0.1, -0.05) is 43.4 Å². The first kappa shape index (κ1) is 16.6. The summed E-state index contributed by atoms with van der Waals surface area (Å²) >= 11 is 4.55. The van der Waals surface area contributed by atoms with Crippen LogP contribution >= 0.6 is 34.4 Å². The Morgan fingerprint density at radius 1 is 1.24 bits per heavy atom. The van der Waals surface area contributed by atoms with Crippen molar-refractivity contribution in [1.82, 2.24) is 24.8 Å². The maximum absolute atomic E-state index is 5.29. The lowest BCUT2D eigenvalue weighted by molar-refractivity contribution is 0.518. The molecular weight excluding hydrogens is 376 g/mol. The van der Waals surface area contributed by atoms with Crippen molar-refractivity contribution < 1.29 is 4.42 Å². The predicted octanol–water partition coefficient (Wildman–Crippen LogP) is 4.30. The second kappa shape index (κ2) is 6.43. The Bertz CT molecular complexity index is 947. The Balaban J connectivity index is 1.43. The third-order valence-corrected chi connectivity index (χ3v) is 6.27. The smallest absolute Gasteiger partial charge is 0.213 e. The van der Waals surface area contributed by atoms with Gasteiger partial charge in [-0.2, -0.15) is 0 Å². The molecular formula is C15H16N6OS3. The standard InChI is InChI=1S/C15H16N6OS3/c1-15(2,3)10-8-21-12(17-10)24-14(20-21)25-13-19-18-11(23-13)16-7-9-5-4-6-22-9/h4-6,8H,7H2,1-3H3,(H,16,18). The van der Waals surface area contributed by atoms with E-state index < -0.39 is 0 Å². The van der Waals surface area contributed by atoms with E-state index in [9.17, 15) is 0 Å². The van der Waals surface area contributed by atoms with Crippen LogP contribution in [0.25, 0.3) is 4.96 Å². The third kappa shape index (κ3) is 3.70. The first-order valence-electron chi connectivity index (χ1n) is 7.62. The highest BCUT2D eigenvalue weighted by atomic mass is 32.2. The number of imidazole rings is 1. The van der Waals surface area contributed by atoms with Crippen LogP contribution in [0.2, 0.25) is 0 Å². The average molecular weight is 393 g/mol. The fraction of sp³-hybridized carbons (Fsp3) is 0.333. The van der Waals surface area contributed by atoms with Gasteiger partial charge in [-0.25, -0.2) is 9.50 Å². The number of rotatable bonds is 5. The van der Waals surface area contributed by atoms with Crippen molar-refractivity contribution in [2.45, 2.75) is 41.4 Å². The molecule has 4 rings (SSSR count). The van der Waals surface area contributed by atoms with Gasteiger partial charge in [0.2, 0.25) is 10.1 Å². The van der Waals surface area contributed by atoms with Gasteiger partial charge in [-0.05, 0) is 23.9 Å². The molecule has 0 bridgehead atoms. The maximum atomic E-state index is 5.29. The van der Waals surface area contributed by atoms with Crippen molar-refractivity contribution >= 4 is 44.5 Å². The van der Waals surface area contributed by atoms with E-state index in [0.29, 0.717) is 6.54 Å². The number of hydrogen-bond donors (Lipinski definition) is 1. The van der Waals surface area contributed by atoms with Gasteiger partial charge in [0.25, 0.3) is 0 Å². The lowest BCUT2D eigenvalue weighted by Crippen LogP contribution is -2.11. The summed E-state index contributed by atoms with van der Waals surface area (Å²) in [5.41, 5.74) is 1.07. The van der Waals surface area contributed by atoms with Crippen molar-refractivity contribution in [3.05, 3.63) is 36.0 Å². The Kier molecular flexibility index (Phi) is 4.26. The number of hydrogen-bond acceptors (Lipinski definition) is 9. The van der Waals surface area contributed by atoms with E-state index in [4.69, 9.17) is 4.42 Å². The van der Waals surface area contributed by atoms with Crippen molar-refractivity contribution in [3.63, 3.8) is 0 Å². The maximum Gasteiger partial charge on any atom is 0.213 e. The topological polar surface area (TPSA) is 81.1 Å². The third-order valence-electron chi connectivity index (χ3n) is 3.37. The van der Waals surface area contributed by atoms with Gasteiger partial charge in [0.05, 0.1) is 24.7 Å². The molecule has 0 spiro atoms. The minimum absolute atomic E-state index is 0.0223. The normalized spacial score (nSPS) is 12.1. The molecule has 0 radical (unpaired) electrons. The van der Waals surface area contributed by atoms with Gasteiger partial charge < -0.3 is 9.73 Å². The quantitative estimate of drug-likeness (QED) is 0.542. The molecule has 130 valence electrons. The van der Waals surface area contributed by atoms with Gasteiger partial charge in [0.15, 0.2) is 8.68 Å². The van der Waals surface area contributed by atoms with Crippen LogP contribution in [0.5, 0.6) is 0 Å². The summed E-state index contributed by atoms with van der Waals surface area (Å²) in [5, 5.41) is 16.9. The zero-order chi connectivity index (χ0) is 17.4. The number of furan rings is 1. The van der Waals surface area contributed by atoms with Crippen LogP contribution in [0, 0.1) is 0 Å².